The maximum atomic E-state index is 11.5. The van der Waals surface area contributed by atoms with Crippen LogP contribution in [0.2, 0.25) is 0 Å². The van der Waals surface area contributed by atoms with Crippen molar-refractivity contribution in [3.8, 4) is 11.5 Å². The van der Waals surface area contributed by atoms with Crippen molar-refractivity contribution < 1.29 is 23.0 Å². The van der Waals surface area contributed by atoms with Gasteiger partial charge in [0.25, 0.3) is 0 Å². The molecule has 1 aliphatic rings. The van der Waals surface area contributed by atoms with Gasteiger partial charge in [-0.25, -0.2) is 8.42 Å². The van der Waals surface area contributed by atoms with Gasteiger partial charge in [-0.15, -0.1) is 0 Å². The third-order valence-corrected chi connectivity index (χ3v) is 5.47. The molecule has 1 saturated heterocycles. The lowest BCUT2D eigenvalue weighted by Gasteiger charge is -2.20. The van der Waals surface area contributed by atoms with Crippen LogP contribution in [-0.4, -0.2) is 45.4 Å². The molecule has 0 aliphatic carbocycles. The smallest absolute Gasteiger partial charge is 0.150 e. The highest BCUT2D eigenvalue weighted by Gasteiger charge is 2.33. The highest BCUT2D eigenvalue weighted by molar-refractivity contribution is 7.91. The summed E-state index contributed by atoms with van der Waals surface area (Å²) in [5.41, 5.74) is 0. The van der Waals surface area contributed by atoms with E-state index in [1.54, 1.807) is 13.2 Å². The van der Waals surface area contributed by atoms with Crippen LogP contribution in [0.5, 0.6) is 11.5 Å². The van der Waals surface area contributed by atoms with Crippen LogP contribution >= 0.6 is 0 Å². The predicted octanol–water partition coefficient (Wildman–Crippen LogP) is 1.12. The van der Waals surface area contributed by atoms with E-state index in [-0.39, 0.29) is 29.9 Å². The van der Waals surface area contributed by atoms with E-state index in [0.717, 1.165) is 0 Å². The number of hydrogen-bond acceptors (Lipinski definition) is 5. The summed E-state index contributed by atoms with van der Waals surface area (Å²) in [6.45, 7) is 0.244. The predicted molar refractivity (Wildman–Crippen MR) is 75.8 cm³/mol. The van der Waals surface area contributed by atoms with Crippen molar-refractivity contribution in [1.29, 1.82) is 0 Å². The minimum Gasteiger partial charge on any atom is -0.497 e. The summed E-state index contributed by atoms with van der Waals surface area (Å²) in [5.74, 6) is 1.55. The van der Waals surface area contributed by atoms with Gasteiger partial charge in [0.05, 0.1) is 25.2 Å². The molecule has 1 aromatic carbocycles. The first-order valence-electron chi connectivity index (χ1n) is 6.62. The molecule has 1 aromatic rings. The molecule has 0 radical (unpaired) electrons. The van der Waals surface area contributed by atoms with Crippen molar-refractivity contribution in [3.63, 3.8) is 0 Å². The fourth-order valence-corrected chi connectivity index (χ4v) is 4.35. The molecular formula is C14H20O5S. The van der Waals surface area contributed by atoms with E-state index in [4.69, 9.17) is 9.47 Å². The summed E-state index contributed by atoms with van der Waals surface area (Å²) in [6, 6.07) is 7.21. The number of aliphatic hydroxyl groups is 1. The van der Waals surface area contributed by atoms with Crippen LogP contribution in [0, 0.1) is 11.8 Å². The largest absolute Gasteiger partial charge is 0.497 e. The Balaban J connectivity index is 1.94. The fourth-order valence-electron chi connectivity index (χ4n) is 2.43. The van der Waals surface area contributed by atoms with Crippen LogP contribution in [-0.2, 0) is 9.84 Å². The second-order valence-corrected chi connectivity index (χ2v) is 7.32. The summed E-state index contributed by atoms with van der Waals surface area (Å²) in [4.78, 5) is 0. The maximum Gasteiger partial charge on any atom is 0.150 e. The van der Waals surface area contributed by atoms with Crippen LogP contribution in [0.15, 0.2) is 24.3 Å². The average Bonchev–Trinajstić information content (AvgIpc) is 2.80. The molecule has 0 saturated carbocycles. The maximum absolute atomic E-state index is 11.5. The standard InChI is InChI=1S/C14H20O5S/c1-18-13-3-2-4-14(7-13)19-9-12(8-15)11-5-6-20(16,17)10-11/h2-4,7,11-12,15H,5-6,8-10H2,1H3. The lowest BCUT2D eigenvalue weighted by atomic mass is 9.93. The van der Waals surface area contributed by atoms with E-state index in [2.05, 4.69) is 0 Å². The molecule has 112 valence electrons. The van der Waals surface area contributed by atoms with Gasteiger partial charge in [0.15, 0.2) is 9.84 Å². The second kappa shape index (κ2) is 6.45. The Bertz CT molecular complexity index is 540. The number of aliphatic hydroxyl groups excluding tert-OH is 1. The molecule has 1 aliphatic heterocycles. The molecule has 2 atom stereocenters. The van der Waals surface area contributed by atoms with E-state index < -0.39 is 9.84 Å². The zero-order chi connectivity index (χ0) is 14.6. The zero-order valence-corrected chi connectivity index (χ0v) is 12.3. The molecule has 1 fully saturated rings. The Kier molecular flexibility index (Phi) is 4.88. The van der Waals surface area contributed by atoms with E-state index in [1.807, 2.05) is 18.2 Å². The van der Waals surface area contributed by atoms with Gasteiger partial charge in [0.2, 0.25) is 0 Å². The highest BCUT2D eigenvalue weighted by Crippen LogP contribution is 2.27. The molecule has 2 unspecified atom stereocenters. The van der Waals surface area contributed by atoms with Gasteiger partial charge in [-0.05, 0) is 24.5 Å². The first-order valence-corrected chi connectivity index (χ1v) is 8.44. The van der Waals surface area contributed by atoms with Crippen LogP contribution in [0.3, 0.4) is 0 Å². The van der Waals surface area contributed by atoms with Crippen molar-refractivity contribution in [1.82, 2.24) is 0 Å². The van der Waals surface area contributed by atoms with Gasteiger partial charge in [0, 0.05) is 18.6 Å². The molecule has 1 N–H and O–H groups in total. The number of ether oxygens (including phenoxy) is 2. The number of hydrogen-bond donors (Lipinski definition) is 1. The van der Waals surface area contributed by atoms with Crippen molar-refractivity contribution in [2.45, 2.75) is 6.42 Å². The van der Waals surface area contributed by atoms with E-state index >= 15 is 0 Å². The molecule has 0 spiro atoms. The molecule has 0 aromatic heterocycles. The summed E-state index contributed by atoms with van der Waals surface area (Å²) in [6.07, 6.45) is 0.606. The summed E-state index contributed by atoms with van der Waals surface area (Å²) >= 11 is 0. The van der Waals surface area contributed by atoms with Crippen LogP contribution < -0.4 is 9.47 Å². The minimum absolute atomic E-state index is 0.0180. The van der Waals surface area contributed by atoms with Gasteiger partial charge in [-0.1, -0.05) is 6.07 Å². The first-order chi connectivity index (χ1) is 9.54. The molecule has 20 heavy (non-hydrogen) atoms. The van der Waals surface area contributed by atoms with E-state index in [0.29, 0.717) is 24.5 Å². The lowest BCUT2D eigenvalue weighted by Crippen LogP contribution is -2.26. The highest BCUT2D eigenvalue weighted by atomic mass is 32.2. The number of rotatable bonds is 6. The third kappa shape index (κ3) is 3.86. The molecule has 2 rings (SSSR count). The molecule has 0 amide bonds. The van der Waals surface area contributed by atoms with E-state index in [1.165, 1.54) is 0 Å². The Morgan fingerprint density at radius 3 is 2.75 bits per heavy atom. The normalized spacial score (nSPS) is 22.4. The van der Waals surface area contributed by atoms with Crippen LogP contribution in [0.4, 0.5) is 0 Å². The Hall–Kier alpha value is -1.27. The molecule has 1 heterocycles. The Labute approximate surface area is 119 Å². The van der Waals surface area contributed by atoms with Gasteiger partial charge < -0.3 is 14.6 Å². The van der Waals surface area contributed by atoms with E-state index in [9.17, 15) is 13.5 Å². The van der Waals surface area contributed by atoms with Gasteiger partial charge in [0.1, 0.15) is 11.5 Å². The average molecular weight is 300 g/mol. The van der Waals surface area contributed by atoms with Crippen molar-refractivity contribution in [3.05, 3.63) is 24.3 Å². The summed E-state index contributed by atoms with van der Waals surface area (Å²) in [7, 11) is -1.35. The van der Waals surface area contributed by atoms with Crippen molar-refractivity contribution >= 4 is 9.84 Å². The topological polar surface area (TPSA) is 72.8 Å². The monoisotopic (exact) mass is 300 g/mol. The minimum atomic E-state index is -2.93. The molecule has 0 bridgehead atoms. The number of methoxy groups -OCH3 is 1. The Morgan fingerprint density at radius 1 is 1.40 bits per heavy atom. The van der Waals surface area contributed by atoms with Gasteiger partial charge in [-0.2, -0.15) is 0 Å². The quantitative estimate of drug-likeness (QED) is 0.852. The summed E-state index contributed by atoms with van der Waals surface area (Å²) < 4.78 is 33.7. The second-order valence-electron chi connectivity index (χ2n) is 5.10. The fraction of sp³-hybridized carbons (Fsp3) is 0.571. The van der Waals surface area contributed by atoms with Gasteiger partial charge >= 0.3 is 0 Å². The number of benzene rings is 1. The SMILES string of the molecule is COc1cccc(OCC(CO)C2CCS(=O)(=O)C2)c1. The lowest BCUT2D eigenvalue weighted by molar-refractivity contribution is 0.126. The van der Waals surface area contributed by atoms with Crippen molar-refractivity contribution in [2.75, 3.05) is 31.8 Å². The van der Waals surface area contributed by atoms with Crippen molar-refractivity contribution in [2.24, 2.45) is 11.8 Å². The van der Waals surface area contributed by atoms with Crippen LogP contribution in [0.25, 0.3) is 0 Å². The first kappa shape index (κ1) is 15.1. The number of sulfone groups is 1. The zero-order valence-electron chi connectivity index (χ0n) is 11.5. The third-order valence-electron chi connectivity index (χ3n) is 3.67. The van der Waals surface area contributed by atoms with Gasteiger partial charge in [-0.3, -0.25) is 0 Å². The van der Waals surface area contributed by atoms with Crippen LogP contribution in [0.1, 0.15) is 6.42 Å². The molecule has 6 heteroatoms. The molecular weight excluding hydrogens is 280 g/mol. The summed E-state index contributed by atoms with van der Waals surface area (Å²) in [5, 5.41) is 9.44. The Morgan fingerprint density at radius 2 is 2.15 bits per heavy atom. The molecule has 5 nitrogen and oxygen atoms in total.